The van der Waals surface area contributed by atoms with E-state index in [1.54, 1.807) is 11.1 Å². The number of nitrogens with zero attached hydrogens (tertiary/aromatic N) is 1. The molecule has 2 aromatic rings. The Balaban J connectivity index is 1.84. The average molecular weight is 254 g/mol. The molecule has 0 spiro atoms. The van der Waals surface area contributed by atoms with Gasteiger partial charge in [-0.2, -0.15) is 0 Å². The highest BCUT2D eigenvalue weighted by molar-refractivity contribution is 5.35. The van der Waals surface area contributed by atoms with Gasteiger partial charge in [-0.05, 0) is 62.1 Å². The molecule has 2 heteroatoms. The highest BCUT2D eigenvalue weighted by Crippen LogP contribution is 2.24. The summed E-state index contributed by atoms with van der Waals surface area (Å²) in [6, 6.07) is 11.7. The molecule has 1 aromatic heterocycles. The fourth-order valence-corrected chi connectivity index (χ4v) is 3.03. The molecule has 0 fully saturated rings. The molecule has 1 unspecified atom stereocenters. The maximum absolute atomic E-state index is 3.31. The molecule has 1 aliphatic rings. The maximum atomic E-state index is 3.31. The zero-order valence-corrected chi connectivity index (χ0v) is 11.8. The number of nitrogens with one attached hydrogen (secondary N) is 1. The van der Waals surface area contributed by atoms with Gasteiger partial charge in [0.25, 0.3) is 0 Å². The van der Waals surface area contributed by atoms with Crippen LogP contribution in [0.1, 0.15) is 41.8 Å². The second-order valence-corrected chi connectivity index (χ2v) is 5.53. The van der Waals surface area contributed by atoms with Crippen molar-refractivity contribution in [3.05, 3.63) is 58.9 Å². The van der Waals surface area contributed by atoms with Crippen LogP contribution in [-0.4, -0.2) is 11.6 Å². The lowest BCUT2D eigenvalue weighted by molar-refractivity contribution is 0.589. The van der Waals surface area contributed by atoms with Gasteiger partial charge >= 0.3 is 0 Å². The number of benzene rings is 1. The first-order valence-corrected chi connectivity index (χ1v) is 7.21. The maximum Gasteiger partial charge on any atom is 0.0473 e. The van der Waals surface area contributed by atoms with E-state index in [0.29, 0.717) is 6.04 Å². The third kappa shape index (κ3) is 2.45. The Bertz CT molecular complexity index is 568. The third-order valence-electron chi connectivity index (χ3n) is 4.26. The van der Waals surface area contributed by atoms with Crippen molar-refractivity contribution >= 4 is 0 Å². The van der Waals surface area contributed by atoms with E-state index >= 15 is 0 Å². The first-order valence-electron chi connectivity index (χ1n) is 7.21. The largest absolute Gasteiger partial charge is 0.346 e. The summed E-state index contributed by atoms with van der Waals surface area (Å²) in [6.07, 6.45) is 6.02. The molecule has 100 valence electrons. The average Bonchev–Trinajstić information content (AvgIpc) is 3.06. The van der Waals surface area contributed by atoms with Crippen LogP contribution >= 0.6 is 0 Å². The zero-order chi connectivity index (χ0) is 13.2. The Kier molecular flexibility index (Phi) is 3.43. The highest BCUT2D eigenvalue weighted by atomic mass is 15.0. The molecule has 1 atom stereocenters. The summed E-state index contributed by atoms with van der Waals surface area (Å²) in [5.74, 6) is 0. The second kappa shape index (κ2) is 5.22. The van der Waals surface area contributed by atoms with Crippen molar-refractivity contribution in [2.24, 2.45) is 0 Å². The van der Waals surface area contributed by atoms with Crippen LogP contribution in [0.4, 0.5) is 0 Å². The van der Waals surface area contributed by atoms with Gasteiger partial charge < -0.3 is 9.88 Å². The van der Waals surface area contributed by atoms with Crippen LogP contribution in [0.5, 0.6) is 0 Å². The topological polar surface area (TPSA) is 17.0 Å². The van der Waals surface area contributed by atoms with Crippen molar-refractivity contribution in [2.75, 3.05) is 7.05 Å². The highest BCUT2D eigenvalue weighted by Gasteiger charge is 2.12. The van der Waals surface area contributed by atoms with Crippen LogP contribution in [-0.2, 0) is 19.4 Å². The summed E-state index contributed by atoms with van der Waals surface area (Å²) in [5, 5.41) is 3.31. The van der Waals surface area contributed by atoms with Gasteiger partial charge in [0.2, 0.25) is 0 Å². The molecule has 1 aromatic carbocycles. The third-order valence-corrected chi connectivity index (χ3v) is 4.26. The second-order valence-electron chi connectivity index (χ2n) is 5.53. The predicted molar refractivity (Wildman–Crippen MR) is 79.5 cm³/mol. The van der Waals surface area contributed by atoms with Crippen LogP contribution in [0.25, 0.3) is 0 Å². The zero-order valence-electron chi connectivity index (χ0n) is 11.8. The SMILES string of the molecule is CNC(C)c1cccn1Cc1ccc2c(c1)CCC2. The number of aryl methyl sites for hydroxylation is 2. The molecule has 0 radical (unpaired) electrons. The smallest absolute Gasteiger partial charge is 0.0473 e. The molecule has 0 bridgehead atoms. The Morgan fingerprint density at radius 3 is 2.89 bits per heavy atom. The quantitative estimate of drug-likeness (QED) is 0.886. The number of fused-ring (bicyclic) bond motifs is 1. The van der Waals surface area contributed by atoms with Gasteiger partial charge in [-0.1, -0.05) is 18.2 Å². The summed E-state index contributed by atoms with van der Waals surface area (Å²) < 4.78 is 2.35. The van der Waals surface area contributed by atoms with E-state index in [9.17, 15) is 0 Å². The first kappa shape index (κ1) is 12.5. The molecule has 3 rings (SSSR count). The predicted octanol–water partition coefficient (Wildman–Crippen LogP) is 3.31. The van der Waals surface area contributed by atoms with Crippen molar-refractivity contribution in [2.45, 2.75) is 38.8 Å². The molecule has 19 heavy (non-hydrogen) atoms. The van der Waals surface area contributed by atoms with Crippen LogP contribution in [0.3, 0.4) is 0 Å². The Morgan fingerprint density at radius 1 is 1.21 bits per heavy atom. The molecule has 1 aliphatic carbocycles. The lowest BCUT2D eigenvalue weighted by Gasteiger charge is -2.15. The first-order chi connectivity index (χ1) is 9.28. The van der Waals surface area contributed by atoms with E-state index in [1.165, 1.54) is 30.5 Å². The fraction of sp³-hybridized carbons (Fsp3) is 0.412. The number of aromatic nitrogens is 1. The number of rotatable bonds is 4. The van der Waals surface area contributed by atoms with Gasteiger partial charge in [0.05, 0.1) is 0 Å². The summed E-state index contributed by atoms with van der Waals surface area (Å²) >= 11 is 0. The summed E-state index contributed by atoms with van der Waals surface area (Å²) in [4.78, 5) is 0. The fourth-order valence-electron chi connectivity index (χ4n) is 3.03. The van der Waals surface area contributed by atoms with Crippen LogP contribution < -0.4 is 5.32 Å². The monoisotopic (exact) mass is 254 g/mol. The van der Waals surface area contributed by atoms with E-state index in [0.717, 1.165) is 6.54 Å². The molecular weight excluding hydrogens is 232 g/mol. The van der Waals surface area contributed by atoms with Crippen molar-refractivity contribution in [3.63, 3.8) is 0 Å². The molecule has 0 amide bonds. The normalized spacial score (nSPS) is 15.5. The van der Waals surface area contributed by atoms with Gasteiger partial charge in [-0.25, -0.2) is 0 Å². The lowest BCUT2D eigenvalue weighted by Crippen LogP contribution is -2.16. The lowest BCUT2D eigenvalue weighted by atomic mass is 10.1. The minimum absolute atomic E-state index is 0.393. The van der Waals surface area contributed by atoms with Crippen molar-refractivity contribution in [1.29, 1.82) is 0 Å². The summed E-state index contributed by atoms with van der Waals surface area (Å²) in [6.45, 7) is 3.18. The van der Waals surface area contributed by atoms with Crippen molar-refractivity contribution in [1.82, 2.24) is 9.88 Å². The van der Waals surface area contributed by atoms with Crippen LogP contribution in [0.2, 0.25) is 0 Å². The molecule has 0 saturated heterocycles. The van der Waals surface area contributed by atoms with E-state index < -0.39 is 0 Å². The number of hydrogen-bond acceptors (Lipinski definition) is 1. The molecule has 0 aliphatic heterocycles. The van der Waals surface area contributed by atoms with Crippen LogP contribution in [0.15, 0.2) is 36.5 Å². The van der Waals surface area contributed by atoms with Gasteiger partial charge in [0.1, 0.15) is 0 Å². The van der Waals surface area contributed by atoms with E-state index in [1.807, 2.05) is 7.05 Å². The minimum atomic E-state index is 0.393. The summed E-state index contributed by atoms with van der Waals surface area (Å²) in [5.41, 5.74) is 5.89. The molecule has 2 nitrogen and oxygen atoms in total. The Labute approximate surface area is 115 Å². The molecule has 1 heterocycles. The minimum Gasteiger partial charge on any atom is -0.346 e. The van der Waals surface area contributed by atoms with Gasteiger partial charge in [0.15, 0.2) is 0 Å². The molecular formula is C17H22N2. The van der Waals surface area contributed by atoms with Gasteiger partial charge in [0, 0.05) is 24.5 Å². The number of hydrogen-bond donors (Lipinski definition) is 1. The molecule has 0 saturated carbocycles. The molecule has 1 N–H and O–H groups in total. The standard InChI is InChI=1S/C17H22N2/c1-13(18-2)17-7-4-10-19(17)12-14-8-9-15-5-3-6-16(15)11-14/h4,7-11,13,18H,3,5-6,12H2,1-2H3. The Morgan fingerprint density at radius 2 is 2.05 bits per heavy atom. The van der Waals surface area contributed by atoms with Gasteiger partial charge in [-0.15, -0.1) is 0 Å². The van der Waals surface area contributed by atoms with E-state index in [2.05, 4.69) is 53.3 Å². The van der Waals surface area contributed by atoms with Crippen LogP contribution in [0, 0.1) is 0 Å². The van der Waals surface area contributed by atoms with E-state index in [-0.39, 0.29) is 0 Å². The van der Waals surface area contributed by atoms with Crippen molar-refractivity contribution < 1.29 is 0 Å². The van der Waals surface area contributed by atoms with E-state index in [4.69, 9.17) is 0 Å². The Hall–Kier alpha value is -1.54. The van der Waals surface area contributed by atoms with Gasteiger partial charge in [-0.3, -0.25) is 0 Å². The van der Waals surface area contributed by atoms with Crippen molar-refractivity contribution in [3.8, 4) is 0 Å². The summed E-state index contributed by atoms with van der Waals surface area (Å²) in [7, 11) is 2.01.